The van der Waals surface area contributed by atoms with Gasteiger partial charge in [0.25, 0.3) is 0 Å². The van der Waals surface area contributed by atoms with Crippen LogP contribution in [0.15, 0.2) is 52.3 Å². The summed E-state index contributed by atoms with van der Waals surface area (Å²) in [4.78, 5) is 0.884. The fourth-order valence-electron chi connectivity index (χ4n) is 3.23. The topological polar surface area (TPSA) is 58.2 Å². The Hall–Kier alpha value is -1.19. The average Bonchev–Trinajstić information content (AvgIpc) is 2.64. The van der Waals surface area contributed by atoms with Gasteiger partial charge in [0, 0.05) is 23.4 Å². The summed E-state index contributed by atoms with van der Waals surface area (Å²) in [5, 5.41) is 3.16. The minimum Gasteiger partial charge on any atom is -0.315 e. The number of piperidine rings is 1. The maximum absolute atomic E-state index is 13.6. The van der Waals surface area contributed by atoms with Crippen LogP contribution in [0.25, 0.3) is 0 Å². The van der Waals surface area contributed by atoms with E-state index in [4.69, 9.17) is 0 Å². The van der Waals surface area contributed by atoms with Crippen LogP contribution in [0.2, 0.25) is 0 Å². The molecule has 3 rings (SSSR count). The van der Waals surface area contributed by atoms with Gasteiger partial charge in [-0.1, -0.05) is 18.2 Å². The van der Waals surface area contributed by atoms with E-state index in [1.165, 1.54) is 17.8 Å². The SMILES string of the molecule is CSc1ccccc1S(=O)(=O)NC1CNCCC1c1ccc(F)c(F)c1.Cl. The molecule has 0 saturated carbocycles. The molecule has 1 aliphatic rings. The van der Waals surface area contributed by atoms with Gasteiger partial charge in [0.1, 0.15) is 0 Å². The van der Waals surface area contributed by atoms with Gasteiger partial charge in [-0.3, -0.25) is 0 Å². The molecule has 1 aliphatic heterocycles. The number of thioether (sulfide) groups is 1. The molecule has 1 saturated heterocycles. The van der Waals surface area contributed by atoms with Crippen LogP contribution in [-0.4, -0.2) is 33.8 Å². The van der Waals surface area contributed by atoms with Crippen molar-refractivity contribution in [3.8, 4) is 0 Å². The molecule has 1 heterocycles. The molecule has 2 aromatic carbocycles. The third-order valence-corrected chi connectivity index (χ3v) is 6.99. The van der Waals surface area contributed by atoms with Crippen molar-refractivity contribution in [2.45, 2.75) is 28.2 Å². The van der Waals surface area contributed by atoms with Gasteiger partial charge in [-0.2, -0.15) is 0 Å². The Labute approximate surface area is 168 Å². The zero-order valence-electron chi connectivity index (χ0n) is 14.6. The number of hydrogen-bond acceptors (Lipinski definition) is 4. The molecule has 2 unspecified atom stereocenters. The first kappa shape index (κ1) is 22.1. The van der Waals surface area contributed by atoms with Crippen molar-refractivity contribution < 1.29 is 17.2 Å². The Balaban J connectivity index is 0.00000261. The molecule has 0 bridgehead atoms. The average molecular weight is 435 g/mol. The Bertz CT molecular complexity index is 897. The Morgan fingerprint density at radius 2 is 1.89 bits per heavy atom. The highest BCUT2D eigenvalue weighted by Crippen LogP contribution is 2.29. The van der Waals surface area contributed by atoms with Gasteiger partial charge in [0.15, 0.2) is 11.6 Å². The lowest BCUT2D eigenvalue weighted by atomic mass is 9.86. The molecule has 2 N–H and O–H groups in total. The van der Waals surface area contributed by atoms with Crippen molar-refractivity contribution in [3.63, 3.8) is 0 Å². The second-order valence-electron chi connectivity index (χ2n) is 6.15. The summed E-state index contributed by atoms with van der Waals surface area (Å²) in [6.45, 7) is 1.10. The van der Waals surface area contributed by atoms with E-state index in [0.717, 1.165) is 12.1 Å². The predicted molar refractivity (Wildman–Crippen MR) is 106 cm³/mol. The van der Waals surface area contributed by atoms with Gasteiger partial charge in [-0.15, -0.1) is 24.2 Å². The van der Waals surface area contributed by atoms with Crippen molar-refractivity contribution >= 4 is 34.2 Å². The third kappa shape index (κ3) is 5.00. The highest BCUT2D eigenvalue weighted by Gasteiger charge is 2.31. The lowest BCUT2D eigenvalue weighted by molar-refractivity contribution is 0.376. The van der Waals surface area contributed by atoms with Crippen molar-refractivity contribution in [1.82, 2.24) is 10.0 Å². The van der Waals surface area contributed by atoms with Gasteiger partial charge in [0.05, 0.1) is 4.90 Å². The second kappa shape index (κ2) is 9.34. The molecule has 9 heteroatoms. The lowest BCUT2D eigenvalue weighted by Gasteiger charge is -2.33. The number of benzene rings is 2. The van der Waals surface area contributed by atoms with Crippen LogP contribution < -0.4 is 10.0 Å². The molecule has 2 atom stereocenters. The van der Waals surface area contributed by atoms with Crippen LogP contribution in [0.4, 0.5) is 8.78 Å². The molecule has 0 aromatic heterocycles. The minimum absolute atomic E-state index is 0. The quantitative estimate of drug-likeness (QED) is 0.707. The number of sulfonamides is 1. The first-order chi connectivity index (χ1) is 12.4. The van der Waals surface area contributed by atoms with E-state index in [2.05, 4.69) is 10.0 Å². The Morgan fingerprint density at radius 1 is 1.15 bits per heavy atom. The molecule has 4 nitrogen and oxygen atoms in total. The van der Waals surface area contributed by atoms with Crippen molar-refractivity contribution in [3.05, 3.63) is 59.7 Å². The highest BCUT2D eigenvalue weighted by atomic mass is 35.5. The smallest absolute Gasteiger partial charge is 0.241 e. The fourth-order valence-corrected chi connectivity index (χ4v) is 5.65. The summed E-state index contributed by atoms with van der Waals surface area (Å²) in [5.41, 5.74) is 0.594. The summed E-state index contributed by atoms with van der Waals surface area (Å²) in [6.07, 6.45) is 2.45. The van der Waals surface area contributed by atoms with Gasteiger partial charge in [0.2, 0.25) is 10.0 Å². The van der Waals surface area contributed by atoms with Gasteiger partial charge >= 0.3 is 0 Å². The molecule has 0 spiro atoms. The van der Waals surface area contributed by atoms with E-state index < -0.39 is 27.7 Å². The largest absolute Gasteiger partial charge is 0.315 e. The third-order valence-electron chi connectivity index (χ3n) is 4.52. The summed E-state index contributed by atoms with van der Waals surface area (Å²) in [7, 11) is -3.74. The standard InChI is InChI=1S/C18H20F2N2O2S2.ClH/c1-25-17-4-2-3-5-18(17)26(23,24)22-16-11-21-9-8-13(16)12-6-7-14(19)15(20)10-12;/h2-7,10,13,16,21-22H,8-9,11H2,1H3;1H. The fraction of sp³-hybridized carbons (Fsp3) is 0.333. The van der Waals surface area contributed by atoms with E-state index in [9.17, 15) is 17.2 Å². The maximum atomic E-state index is 13.6. The number of hydrogen-bond donors (Lipinski definition) is 2. The highest BCUT2D eigenvalue weighted by molar-refractivity contribution is 7.99. The zero-order chi connectivity index (χ0) is 18.7. The minimum atomic E-state index is -3.74. The Kier molecular flexibility index (Phi) is 7.64. The van der Waals surface area contributed by atoms with Crippen LogP contribution in [0.5, 0.6) is 0 Å². The van der Waals surface area contributed by atoms with Crippen LogP contribution in [0, 0.1) is 11.6 Å². The van der Waals surface area contributed by atoms with E-state index >= 15 is 0 Å². The van der Waals surface area contributed by atoms with Crippen LogP contribution in [0.1, 0.15) is 17.9 Å². The first-order valence-electron chi connectivity index (χ1n) is 8.23. The molecular formula is C18H21ClF2N2O2S2. The monoisotopic (exact) mass is 434 g/mol. The summed E-state index contributed by atoms with van der Waals surface area (Å²) in [5.74, 6) is -2.06. The summed E-state index contributed by atoms with van der Waals surface area (Å²) < 4.78 is 55.4. The molecule has 0 aliphatic carbocycles. The number of nitrogens with one attached hydrogen (secondary N) is 2. The van der Waals surface area contributed by atoms with E-state index in [1.807, 2.05) is 6.26 Å². The zero-order valence-corrected chi connectivity index (χ0v) is 17.1. The molecule has 148 valence electrons. The van der Waals surface area contributed by atoms with Crippen molar-refractivity contribution in [2.24, 2.45) is 0 Å². The van der Waals surface area contributed by atoms with Crippen LogP contribution in [0.3, 0.4) is 0 Å². The molecule has 0 amide bonds. The van der Waals surface area contributed by atoms with E-state index in [0.29, 0.717) is 30.0 Å². The van der Waals surface area contributed by atoms with E-state index in [1.54, 1.807) is 24.3 Å². The molecule has 27 heavy (non-hydrogen) atoms. The number of halogens is 3. The number of rotatable bonds is 5. The van der Waals surface area contributed by atoms with Crippen molar-refractivity contribution in [2.75, 3.05) is 19.3 Å². The van der Waals surface area contributed by atoms with Crippen LogP contribution >= 0.6 is 24.2 Å². The van der Waals surface area contributed by atoms with E-state index in [-0.39, 0.29) is 23.2 Å². The molecule has 2 aromatic rings. The van der Waals surface area contributed by atoms with Gasteiger partial charge in [-0.25, -0.2) is 21.9 Å². The summed E-state index contributed by atoms with van der Waals surface area (Å²) >= 11 is 1.36. The Morgan fingerprint density at radius 3 is 2.59 bits per heavy atom. The van der Waals surface area contributed by atoms with Gasteiger partial charge < -0.3 is 5.32 Å². The van der Waals surface area contributed by atoms with Crippen molar-refractivity contribution in [1.29, 1.82) is 0 Å². The molecule has 1 fully saturated rings. The normalized spacial score (nSPS) is 20.1. The predicted octanol–water partition coefficient (Wildman–Crippen LogP) is 3.53. The molecular weight excluding hydrogens is 414 g/mol. The second-order valence-corrected chi connectivity index (χ2v) is 8.68. The first-order valence-corrected chi connectivity index (χ1v) is 10.9. The maximum Gasteiger partial charge on any atom is 0.241 e. The lowest BCUT2D eigenvalue weighted by Crippen LogP contribution is -2.50. The van der Waals surface area contributed by atoms with Crippen LogP contribution in [-0.2, 0) is 10.0 Å². The summed E-state index contributed by atoms with van der Waals surface area (Å²) in [6, 6.07) is 10.1. The van der Waals surface area contributed by atoms with Gasteiger partial charge in [-0.05, 0) is 49.1 Å². The molecule has 0 radical (unpaired) electrons.